The number of aromatic nitrogens is 1. The Bertz CT molecular complexity index is 947. The average Bonchev–Trinajstić information content (AvgIpc) is 2.58. The normalized spacial score (nSPS) is 14.5. The summed E-state index contributed by atoms with van der Waals surface area (Å²) in [6.07, 6.45) is 3.27. The number of carbonyl (C=O) groups excluding carboxylic acids is 1. The van der Waals surface area contributed by atoms with Gasteiger partial charge in [0.2, 0.25) is 0 Å². The molecule has 1 aromatic heterocycles. The number of para-hydroxylation sites is 1. The maximum atomic E-state index is 12.5. The van der Waals surface area contributed by atoms with Gasteiger partial charge >= 0.3 is 5.97 Å². The van der Waals surface area contributed by atoms with E-state index in [0.717, 1.165) is 10.9 Å². The molecule has 1 fully saturated rings. The fraction of sp³-hybridized carbons (Fsp3) is 0.316. The predicted octanol–water partition coefficient (Wildman–Crippen LogP) is 1.97. The van der Waals surface area contributed by atoms with Gasteiger partial charge in [0.15, 0.2) is 0 Å². The van der Waals surface area contributed by atoms with Crippen LogP contribution >= 0.6 is 0 Å². The number of hydrogen-bond acceptors (Lipinski definition) is 5. The van der Waals surface area contributed by atoms with Crippen LogP contribution in [0.25, 0.3) is 10.9 Å². The van der Waals surface area contributed by atoms with E-state index >= 15 is 0 Å². The molecule has 1 saturated heterocycles. The van der Waals surface area contributed by atoms with Crippen molar-refractivity contribution in [2.75, 3.05) is 24.6 Å². The zero-order valence-corrected chi connectivity index (χ0v) is 14.2. The van der Waals surface area contributed by atoms with Gasteiger partial charge in [-0.15, -0.1) is 0 Å². The van der Waals surface area contributed by atoms with Crippen molar-refractivity contribution in [1.29, 1.82) is 5.26 Å². The van der Waals surface area contributed by atoms with Gasteiger partial charge in [-0.2, -0.15) is 5.26 Å². The van der Waals surface area contributed by atoms with Crippen LogP contribution in [0.15, 0.2) is 41.2 Å². The highest BCUT2D eigenvalue weighted by molar-refractivity contribution is 5.95. The van der Waals surface area contributed by atoms with E-state index < -0.39 is 0 Å². The highest BCUT2D eigenvalue weighted by atomic mass is 16.5. The molecule has 0 bridgehead atoms. The molecule has 2 heterocycles. The van der Waals surface area contributed by atoms with Crippen molar-refractivity contribution in [2.45, 2.75) is 6.92 Å². The molecule has 0 saturated carbocycles. The zero-order valence-electron chi connectivity index (χ0n) is 14.2. The van der Waals surface area contributed by atoms with E-state index in [2.05, 4.69) is 6.07 Å². The monoisotopic (exact) mass is 337 g/mol. The van der Waals surface area contributed by atoms with E-state index in [1.165, 1.54) is 10.6 Å². The Kier molecular flexibility index (Phi) is 4.57. The maximum Gasteiger partial charge on any atom is 0.330 e. The molecule has 0 atom stereocenters. The Morgan fingerprint density at radius 2 is 2.12 bits per heavy atom. The molecule has 0 N–H and O–H groups in total. The minimum absolute atomic E-state index is 0.161. The minimum atomic E-state index is -0.349. The van der Waals surface area contributed by atoms with E-state index in [1.807, 2.05) is 35.2 Å². The van der Waals surface area contributed by atoms with Gasteiger partial charge in [0.25, 0.3) is 5.56 Å². The van der Waals surface area contributed by atoms with Crippen LogP contribution in [0, 0.1) is 17.2 Å². The van der Waals surface area contributed by atoms with E-state index in [1.54, 1.807) is 14.0 Å². The second-order valence-corrected chi connectivity index (χ2v) is 5.99. The Morgan fingerprint density at radius 3 is 2.80 bits per heavy atom. The molecule has 3 rings (SSSR count). The summed E-state index contributed by atoms with van der Waals surface area (Å²) in [5.74, 6) is -0.156. The second-order valence-electron chi connectivity index (χ2n) is 5.99. The lowest BCUT2D eigenvalue weighted by atomic mass is 9.96. The van der Waals surface area contributed by atoms with Gasteiger partial charge in [-0.25, -0.2) is 4.79 Å². The summed E-state index contributed by atoms with van der Waals surface area (Å²) in [6.45, 7) is 3.43. The lowest BCUT2D eigenvalue weighted by Gasteiger charge is -2.40. The summed E-state index contributed by atoms with van der Waals surface area (Å²) < 4.78 is 6.38. The zero-order chi connectivity index (χ0) is 18.0. The van der Waals surface area contributed by atoms with E-state index in [4.69, 9.17) is 4.74 Å². The number of anilines is 1. The first-order valence-electron chi connectivity index (χ1n) is 8.18. The topological polar surface area (TPSA) is 75.3 Å². The number of rotatable bonds is 4. The van der Waals surface area contributed by atoms with Crippen LogP contribution in [-0.2, 0) is 16.6 Å². The second kappa shape index (κ2) is 6.81. The number of nitrogens with zero attached hydrogens (tertiary/aromatic N) is 3. The van der Waals surface area contributed by atoms with Crippen molar-refractivity contribution in [2.24, 2.45) is 13.0 Å². The number of aryl methyl sites for hydroxylation is 1. The molecule has 0 radical (unpaired) electrons. The quantitative estimate of drug-likeness (QED) is 0.630. The largest absolute Gasteiger partial charge is 0.463 e. The average molecular weight is 337 g/mol. The van der Waals surface area contributed by atoms with E-state index in [0.29, 0.717) is 25.4 Å². The molecule has 0 spiro atoms. The molecule has 2 aromatic rings. The Labute approximate surface area is 145 Å². The number of nitriles is 1. The van der Waals surface area contributed by atoms with Gasteiger partial charge in [-0.3, -0.25) is 4.79 Å². The predicted molar refractivity (Wildman–Crippen MR) is 95.4 cm³/mol. The first-order chi connectivity index (χ1) is 12.1. The third-order valence-corrected chi connectivity index (χ3v) is 4.40. The van der Waals surface area contributed by atoms with E-state index in [9.17, 15) is 14.9 Å². The van der Waals surface area contributed by atoms with Crippen molar-refractivity contribution >= 4 is 22.6 Å². The standard InChI is InChI=1S/C19H19N3O3/c1-3-25-17(23)9-8-13-11-22(12-13)18-14-6-4-5-7-16(14)21(2)19(24)15(18)10-20/h4-9,13H,3,11-12H2,1-2H3/b9-8+. The van der Waals surface area contributed by atoms with Crippen molar-refractivity contribution < 1.29 is 9.53 Å². The van der Waals surface area contributed by atoms with Crippen LogP contribution in [0.4, 0.5) is 5.69 Å². The van der Waals surface area contributed by atoms with Crippen LogP contribution < -0.4 is 10.5 Å². The first-order valence-corrected chi connectivity index (χ1v) is 8.18. The number of carbonyl (C=O) groups is 1. The van der Waals surface area contributed by atoms with Gasteiger partial charge in [-0.05, 0) is 13.0 Å². The summed E-state index contributed by atoms with van der Waals surface area (Å²) in [4.78, 5) is 25.9. The molecule has 1 aromatic carbocycles. The lowest BCUT2D eigenvalue weighted by Crippen LogP contribution is -2.47. The van der Waals surface area contributed by atoms with Crippen LogP contribution in [0.5, 0.6) is 0 Å². The van der Waals surface area contributed by atoms with Crippen molar-refractivity contribution in [3.05, 3.63) is 52.3 Å². The number of esters is 1. The molecule has 1 aliphatic rings. The van der Waals surface area contributed by atoms with Gasteiger partial charge in [0.1, 0.15) is 11.6 Å². The molecule has 6 nitrogen and oxygen atoms in total. The summed E-state index contributed by atoms with van der Waals surface area (Å²) >= 11 is 0. The summed E-state index contributed by atoms with van der Waals surface area (Å²) in [6, 6.07) is 9.63. The van der Waals surface area contributed by atoms with Crippen LogP contribution in [0.1, 0.15) is 12.5 Å². The fourth-order valence-electron chi connectivity index (χ4n) is 3.13. The minimum Gasteiger partial charge on any atom is -0.463 e. The molecular formula is C19H19N3O3. The molecular weight excluding hydrogens is 318 g/mol. The van der Waals surface area contributed by atoms with Gasteiger partial charge < -0.3 is 14.2 Å². The van der Waals surface area contributed by atoms with Crippen molar-refractivity contribution in [1.82, 2.24) is 4.57 Å². The van der Waals surface area contributed by atoms with Crippen LogP contribution in [0.3, 0.4) is 0 Å². The van der Waals surface area contributed by atoms with Crippen LogP contribution in [0.2, 0.25) is 0 Å². The first kappa shape index (κ1) is 16.8. The highest BCUT2D eigenvalue weighted by Crippen LogP contribution is 2.33. The van der Waals surface area contributed by atoms with Gasteiger partial charge in [0.05, 0.1) is 17.8 Å². The molecule has 1 aliphatic heterocycles. The lowest BCUT2D eigenvalue weighted by molar-refractivity contribution is -0.137. The molecule has 128 valence electrons. The fourth-order valence-corrected chi connectivity index (χ4v) is 3.13. The summed E-state index contributed by atoms with van der Waals surface area (Å²) in [7, 11) is 1.68. The Morgan fingerprint density at radius 1 is 1.40 bits per heavy atom. The summed E-state index contributed by atoms with van der Waals surface area (Å²) in [5, 5.41) is 10.4. The van der Waals surface area contributed by atoms with Gasteiger partial charge in [0, 0.05) is 37.5 Å². The number of hydrogen-bond donors (Lipinski definition) is 0. The molecule has 25 heavy (non-hydrogen) atoms. The number of benzene rings is 1. The molecule has 0 amide bonds. The van der Waals surface area contributed by atoms with E-state index in [-0.39, 0.29) is 23.0 Å². The van der Waals surface area contributed by atoms with Crippen LogP contribution in [-0.4, -0.2) is 30.2 Å². The molecule has 0 unspecified atom stereocenters. The third kappa shape index (κ3) is 3.01. The molecule has 6 heteroatoms. The smallest absolute Gasteiger partial charge is 0.330 e. The Balaban J connectivity index is 1.91. The maximum absolute atomic E-state index is 12.5. The van der Waals surface area contributed by atoms with Crippen molar-refractivity contribution in [3.8, 4) is 6.07 Å². The van der Waals surface area contributed by atoms with Crippen molar-refractivity contribution in [3.63, 3.8) is 0 Å². The number of fused-ring (bicyclic) bond motifs is 1. The Hall–Kier alpha value is -3.07. The molecule has 0 aliphatic carbocycles. The summed E-state index contributed by atoms with van der Waals surface area (Å²) in [5.41, 5.74) is 1.35. The SMILES string of the molecule is CCOC(=O)/C=C/C1CN(c2c(C#N)c(=O)n(C)c3ccccc23)C1. The highest BCUT2D eigenvalue weighted by Gasteiger charge is 2.30. The number of pyridine rings is 1. The van der Waals surface area contributed by atoms with Gasteiger partial charge in [-0.1, -0.05) is 24.3 Å². The third-order valence-electron chi connectivity index (χ3n) is 4.40. The number of ether oxygens (including phenoxy) is 1.